The number of hydrogen-bond donors (Lipinski definition) is 1. The van der Waals surface area contributed by atoms with Crippen LogP contribution in [-0.2, 0) is 0 Å². The van der Waals surface area contributed by atoms with Gasteiger partial charge in [0.1, 0.15) is 11.4 Å². The standard InChI is InChI=1S/C14H13BrN2O2/c1-9-4-3-5-11(16-9)14(18)17-12-8-10(15)6-7-13(12)19-2/h3-8H,1-2H3,(H,17,18). The first kappa shape index (κ1) is 13.5. The molecule has 0 bridgehead atoms. The third kappa shape index (κ3) is 3.32. The Hall–Kier alpha value is -1.88. The topological polar surface area (TPSA) is 51.2 Å². The van der Waals surface area contributed by atoms with E-state index in [2.05, 4.69) is 26.2 Å². The normalized spacial score (nSPS) is 10.1. The van der Waals surface area contributed by atoms with Gasteiger partial charge in [0.15, 0.2) is 0 Å². The third-order valence-electron chi connectivity index (χ3n) is 2.53. The third-order valence-corrected chi connectivity index (χ3v) is 3.02. The van der Waals surface area contributed by atoms with Gasteiger partial charge in [-0.1, -0.05) is 22.0 Å². The zero-order chi connectivity index (χ0) is 13.8. The van der Waals surface area contributed by atoms with Gasteiger partial charge in [-0.15, -0.1) is 0 Å². The molecule has 0 atom stereocenters. The minimum atomic E-state index is -0.264. The molecule has 5 heteroatoms. The van der Waals surface area contributed by atoms with Crippen LogP contribution in [0.1, 0.15) is 16.2 Å². The molecule has 2 rings (SSSR count). The van der Waals surface area contributed by atoms with Gasteiger partial charge in [-0.2, -0.15) is 0 Å². The predicted molar refractivity (Wildman–Crippen MR) is 77.6 cm³/mol. The van der Waals surface area contributed by atoms with Gasteiger partial charge in [-0.05, 0) is 37.3 Å². The fraction of sp³-hybridized carbons (Fsp3) is 0.143. The van der Waals surface area contributed by atoms with Crippen LogP contribution >= 0.6 is 15.9 Å². The molecule has 1 N–H and O–H groups in total. The van der Waals surface area contributed by atoms with Crippen molar-refractivity contribution in [3.8, 4) is 5.75 Å². The maximum Gasteiger partial charge on any atom is 0.274 e. The number of aromatic nitrogens is 1. The van der Waals surface area contributed by atoms with Gasteiger partial charge < -0.3 is 10.1 Å². The zero-order valence-corrected chi connectivity index (χ0v) is 12.2. The van der Waals surface area contributed by atoms with Crippen LogP contribution in [0, 0.1) is 6.92 Å². The molecule has 0 radical (unpaired) electrons. The second-order valence-electron chi connectivity index (χ2n) is 3.96. The van der Waals surface area contributed by atoms with Crippen LogP contribution < -0.4 is 10.1 Å². The number of ether oxygens (including phenoxy) is 1. The lowest BCUT2D eigenvalue weighted by molar-refractivity contribution is 0.102. The summed E-state index contributed by atoms with van der Waals surface area (Å²) in [5.74, 6) is 0.337. The molecule has 0 aliphatic carbocycles. The molecule has 0 aliphatic rings. The van der Waals surface area contributed by atoms with Crippen molar-refractivity contribution in [1.29, 1.82) is 0 Å². The zero-order valence-electron chi connectivity index (χ0n) is 10.6. The summed E-state index contributed by atoms with van der Waals surface area (Å²) in [4.78, 5) is 16.3. The van der Waals surface area contributed by atoms with E-state index in [0.717, 1.165) is 10.2 Å². The van der Waals surface area contributed by atoms with Crippen molar-refractivity contribution in [2.45, 2.75) is 6.92 Å². The smallest absolute Gasteiger partial charge is 0.274 e. The highest BCUT2D eigenvalue weighted by atomic mass is 79.9. The van der Waals surface area contributed by atoms with E-state index in [1.807, 2.05) is 19.1 Å². The summed E-state index contributed by atoms with van der Waals surface area (Å²) in [7, 11) is 1.56. The number of aryl methyl sites for hydroxylation is 1. The quantitative estimate of drug-likeness (QED) is 0.942. The Kier molecular flexibility index (Phi) is 4.16. The lowest BCUT2D eigenvalue weighted by atomic mass is 10.2. The highest BCUT2D eigenvalue weighted by Crippen LogP contribution is 2.28. The van der Waals surface area contributed by atoms with E-state index < -0.39 is 0 Å². The second kappa shape index (κ2) is 5.84. The summed E-state index contributed by atoms with van der Waals surface area (Å²) in [5, 5.41) is 2.79. The highest BCUT2D eigenvalue weighted by molar-refractivity contribution is 9.10. The molecule has 0 spiro atoms. The summed E-state index contributed by atoms with van der Waals surface area (Å²) in [6, 6.07) is 10.7. The Labute approximate surface area is 119 Å². The van der Waals surface area contributed by atoms with E-state index in [9.17, 15) is 4.79 Å². The molecular formula is C14H13BrN2O2. The summed E-state index contributed by atoms with van der Waals surface area (Å²) >= 11 is 3.36. The van der Waals surface area contributed by atoms with Crippen molar-refractivity contribution < 1.29 is 9.53 Å². The lowest BCUT2D eigenvalue weighted by Crippen LogP contribution is -2.14. The fourth-order valence-electron chi connectivity index (χ4n) is 1.63. The van der Waals surface area contributed by atoms with Crippen molar-refractivity contribution in [3.63, 3.8) is 0 Å². The van der Waals surface area contributed by atoms with Gasteiger partial charge in [-0.3, -0.25) is 4.79 Å². The van der Waals surface area contributed by atoms with Crippen LogP contribution in [0.4, 0.5) is 5.69 Å². The van der Waals surface area contributed by atoms with Crippen LogP contribution in [-0.4, -0.2) is 18.0 Å². The number of methoxy groups -OCH3 is 1. The van der Waals surface area contributed by atoms with Gasteiger partial charge in [0.25, 0.3) is 5.91 Å². The number of amides is 1. The molecule has 1 aromatic carbocycles. The molecule has 0 unspecified atom stereocenters. The molecule has 0 fully saturated rings. The van der Waals surface area contributed by atoms with Crippen LogP contribution in [0.15, 0.2) is 40.9 Å². The number of hydrogen-bond acceptors (Lipinski definition) is 3. The van der Waals surface area contributed by atoms with Crippen LogP contribution in [0.5, 0.6) is 5.75 Å². The SMILES string of the molecule is COc1ccc(Br)cc1NC(=O)c1cccc(C)n1. The number of rotatable bonds is 3. The van der Waals surface area contributed by atoms with Crippen molar-refractivity contribution in [2.75, 3.05) is 12.4 Å². The first-order valence-corrected chi connectivity index (χ1v) is 6.48. The van der Waals surface area contributed by atoms with Crippen molar-refractivity contribution in [2.24, 2.45) is 0 Å². The number of pyridine rings is 1. The second-order valence-corrected chi connectivity index (χ2v) is 4.88. The minimum absolute atomic E-state index is 0.264. The first-order valence-electron chi connectivity index (χ1n) is 5.68. The van der Waals surface area contributed by atoms with Crippen LogP contribution in [0.25, 0.3) is 0 Å². The number of anilines is 1. The average molecular weight is 321 g/mol. The van der Waals surface area contributed by atoms with Gasteiger partial charge in [0.05, 0.1) is 12.8 Å². The van der Waals surface area contributed by atoms with Crippen molar-refractivity contribution >= 4 is 27.5 Å². The fourth-order valence-corrected chi connectivity index (χ4v) is 1.99. The average Bonchev–Trinajstić information content (AvgIpc) is 2.39. The molecule has 1 aromatic heterocycles. The maximum atomic E-state index is 12.1. The van der Waals surface area contributed by atoms with Crippen LogP contribution in [0.3, 0.4) is 0 Å². The minimum Gasteiger partial charge on any atom is -0.495 e. The number of carbonyl (C=O) groups is 1. The highest BCUT2D eigenvalue weighted by Gasteiger charge is 2.11. The Morgan fingerprint density at radius 3 is 2.79 bits per heavy atom. The molecule has 4 nitrogen and oxygen atoms in total. The Morgan fingerprint density at radius 2 is 2.11 bits per heavy atom. The van der Waals surface area contributed by atoms with E-state index >= 15 is 0 Å². The Bertz CT molecular complexity index is 614. The van der Waals surface area contributed by atoms with Gasteiger partial charge in [-0.25, -0.2) is 4.98 Å². The summed E-state index contributed by atoms with van der Waals surface area (Å²) in [6.45, 7) is 1.84. The summed E-state index contributed by atoms with van der Waals surface area (Å²) < 4.78 is 6.07. The molecular weight excluding hydrogens is 308 g/mol. The molecule has 0 saturated heterocycles. The largest absolute Gasteiger partial charge is 0.495 e. The number of halogens is 1. The van der Waals surface area contributed by atoms with Gasteiger partial charge in [0.2, 0.25) is 0 Å². The Morgan fingerprint density at radius 1 is 1.32 bits per heavy atom. The molecule has 2 aromatic rings. The van der Waals surface area contributed by atoms with E-state index in [1.165, 1.54) is 0 Å². The van der Waals surface area contributed by atoms with Crippen LogP contribution in [0.2, 0.25) is 0 Å². The number of nitrogens with zero attached hydrogens (tertiary/aromatic N) is 1. The number of benzene rings is 1. The number of carbonyl (C=O) groups excluding carboxylic acids is 1. The maximum absolute atomic E-state index is 12.1. The van der Waals surface area contributed by atoms with Gasteiger partial charge in [0, 0.05) is 10.2 Å². The van der Waals surface area contributed by atoms with Crippen molar-refractivity contribution in [1.82, 2.24) is 4.98 Å². The molecule has 1 amide bonds. The summed E-state index contributed by atoms with van der Waals surface area (Å²) in [6.07, 6.45) is 0. The molecule has 0 aliphatic heterocycles. The van der Waals surface area contributed by atoms with E-state index in [4.69, 9.17) is 4.74 Å². The predicted octanol–water partition coefficient (Wildman–Crippen LogP) is 3.41. The van der Waals surface area contributed by atoms with Gasteiger partial charge >= 0.3 is 0 Å². The number of nitrogens with one attached hydrogen (secondary N) is 1. The molecule has 0 saturated carbocycles. The van der Waals surface area contributed by atoms with Crippen molar-refractivity contribution in [3.05, 3.63) is 52.3 Å². The molecule has 98 valence electrons. The van der Waals surface area contributed by atoms with E-state index in [1.54, 1.807) is 31.4 Å². The first-order chi connectivity index (χ1) is 9.10. The lowest BCUT2D eigenvalue weighted by Gasteiger charge is -2.10. The molecule has 19 heavy (non-hydrogen) atoms. The summed E-state index contributed by atoms with van der Waals surface area (Å²) in [5.41, 5.74) is 1.78. The Balaban J connectivity index is 2.26. The van der Waals surface area contributed by atoms with E-state index in [-0.39, 0.29) is 5.91 Å². The van der Waals surface area contributed by atoms with E-state index in [0.29, 0.717) is 17.1 Å². The molecule has 1 heterocycles. The monoisotopic (exact) mass is 320 g/mol.